The third-order valence-corrected chi connectivity index (χ3v) is 4.11. The first-order chi connectivity index (χ1) is 13.1. The van der Waals surface area contributed by atoms with Gasteiger partial charge in [0.2, 0.25) is 5.78 Å². The van der Waals surface area contributed by atoms with Gasteiger partial charge in [-0.25, -0.2) is 0 Å². The summed E-state index contributed by atoms with van der Waals surface area (Å²) in [4.78, 5) is 35.9. The molecule has 0 radical (unpaired) electrons. The number of unbranched alkanes of at least 4 members (excludes halogenated alkanes) is 2. The van der Waals surface area contributed by atoms with E-state index >= 15 is 0 Å². The van der Waals surface area contributed by atoms with Crippen molar-refractivity contribution in [3.8, 4) is 0 Å². The number of rotatable bonds is 10. The fourth-order valence-electron chi connectivity index (χ4n) is 2.61. The van der Waals surface area contributed by atoms with E-state index in [4.69, 9.17) is 4.74 Å². The van der Waals surface area contributed by atoms with E-state index in [1.54, 1.807) is 43.3 Å². The van der Waals surface area contributed by atoms with E-state index < -0.39 is 6.10 Å². The summed E-state index contributed by atoms with van der Waals surface area (Å²) in [5.41, 5.74) is 1.17. The number of carbonyl (C=O) groups is 3. The van der Waals surface area contributed by atoms with Crippen LogP contribution in [-0.2, 0) is 9.53 Å². The lowest BCUT2D eigenvalue weighted by Crippen LogP contribution is -2.25. The van der Waals surface area contributed by atoms with Gasteiger partial charge in [-0.2, -0.15) is 0 Å². The minimum Gasteiger partial charge on any atom is -0.454 e. The number of amides is 1. The Kier molecular flexibility index (Phi) is 8.23. The maximum Gasteiger partial charge on any atom is 0.306 e. The Morgan fingerprint density at radius 2 is 1.44 bits per heavy atom. The van der Waals surface area contributed by atoms with Crippen LogP contribution in [0.2, 0.25) is 0 Å². The monoisotopic (exact) mass is 367 g/mol. The Hall–Kier alpha value is -2.95. The molecule has 0 spiro atoms. The Bertz CT molecular complexity index is 743. The van der Waals surface area contributed by atoms with Crippen LogP contribution in [0.1, 0.15) is 53.3 Å². The summed E-state index contributed by atoms with van der Waals surface area (Å²) in [6, 6.07) is 17.8. The normalized spacial score (nSPS) is 11.4. The summed E-state index contributed by atoms with van der Waals surface area (Å²) in [7, 11) is 0. The van der Waals surface area contributed by atoms with Crippen molar-refractivity contribution in [3.05, 3.63) is 71.8 Å². The van der Waals surface area contributed by atoms with Crippen LogP contribution in [0.5, 0.6) is 0 Å². The Balaban J connectivity index is 1.58. The van der Waals surface area contributed by atoms with Crippen molar-refractivity contribution in [3.63, 3.8) is 0 Å². The highest BCUT2D eigenvalue weighted by Gasteiger charge is 2.18. The average Bonchev–Trinajstić information content (AvgIpc) is 2.71. The smallest absolute Gasteiger partial charge is 0.306 e. The molecule has 0 aromatic heterocycles. The van der Waals surface area contributed by atoms with Gasteiger partial charge in [0.15, 0.2) is 6.10 Å². The van der Waals surface area contributed by atoms with Gasteiger partial charge in [0, 0.05) is 24.1 Å². The molecular weight excluding hydrogens is 342 g/mol. The number of benzene rings is 2. The summed E-state index contributed by atoms with van der Waals surface area (Å²) >= 11 is 0. The van der Waals surface area contributed by atoms with Crippen LogP contribution in [0.25, 0.3) is 0 Å². The Morgan fingerprint density at radius 3 is 2.07 bits per heavy atom. The van der Waals surface area contributed by atoms with Crippen LogP contribution < -0.4 is 5.32 Å². The van der Waals surface area contributed by atoms with Crippen LogP contribution >= 0.6 is 0 Å². The second-order valence-electron chi connectivity index (χ2n) is 6.29. The molecule has 0 saturated carbocycles. The molecule has 0 fully saturated rings. The Labute approximate surface area is 159 Å². The number of carbonyl (C=O) groups excluding carboxylic acids is 3. The van der Waals surface area contributed by atoms with Crippen molar-refractivity contribution >= 4 is 17.7 Å². The molecule has 0 bridgehead atoms. The minimum absolute atomic E-state index is 0.0942. The van der Waals surface area contributed by atoms with E-state index in [1.165, 1.54) is 0 Å². The van der Waals surface area contributed by atoms with Crippen LogP contribution in [0.15, 0.2) is 60.7 Å². The lowest BCUT2D eigenvalue weighted by atomic mass is 10.1. The molecule has 0 aliphatic carbocycles. The van der Waals surface area contributed by atoms with Gasteiger partial charge in [0.1, 0.15) is 0 Å². The zero-order valence-electron chi connectivity index (χ0n) is 15.5. The van der Waals surface area contributed by atoms with E-state index in [2.05, 4.69) is 5.32 Å². The highest BCUT2D eigenvalue weighted by atomic mass is 16.5. The molecule has 0 aliphatic rings. The maximum atomic E-state index is 12.2. The molecule has 1 atom stereocenters. The number of ether oxygens (including phenoxy) is 1. The number of hydrogen-bond donors (Lipinski definition) is 1. The second kappa shape index (κ2) is 10.9. The molecule has 1 amide bonds. The van der Waals surface area contributed by atoms with Crippen molar-refractivity contribution < 1.29 is 19.1 Å². The molecule has 2 rings (SSSR count). The van der Waals surface area contributed by atoms with Crippen molar-refractivity contribution in [2.45, 2.75) is 38.7 Å². The highest BCUT2D eigenvalue weighted by Crippen LogP contribution is 2.09. The van der Waals surface area contributed by atoms with Gasteiger partial charge in [0.05, 0.1) is 0 Å². The molecule has 0 aliphatic heterocycles. The molecule has 1 N–H and O–H groups in total. The molecule has 5 nitrogen and oxygen atoms in total. The van der Waals surface area contributed by atoms with E-state index in [9.17, 15) is 14.4 Å². The van der Waals surface area contributed by atoms with Crippen molar-refractivity contribution in [2.75, 3.05) is 6.54 Å². The van der Waals surface area contributed by atoms with Crippen molar-refractivity contribution in [2.24, 2.45) is 0 Å². The summed E-state index contributed by atoms with van der Waals surface area (Å²) in [5.74, 6) is -0.670. The highest BCUT2D eigenvalue weighted by molar-refractivity contribution is 6.00. The summed E-state index contributed by atoms with van der Waals surface area (Å²) in [6.45, 7) is 2.15. The van der Waals surface area contributed by atoms with E-state index in [-0.39, 0.29) is 24.1 Å². The molecule has 142 valence electrons. The zero-order chi connectivity index (χ0) is 19.5. The van der Waals surface area contributed by atoms with Gasteiger partial charge in [-0.15, -0.1) is 0 Å². The van der Waals surface area contributed by atoms with Crippen molar-refractivity contribution in [1.82, 2.24) is 5.32 Å². The molecule has 5 heteroatoms. The molecular formula is C22H25NO4. The number of hydrogen-bond acceptors (Lipinski definition) is 4. The molecule has 0 saturated heterocycles. The first-order valence-corrected chi connectivity index (χ1v) is 9.20. The van der Waals surface area contributed by atoms with E-state index in [1.807, 2.05) is 24.3 Å². The van der Waals surface area contributed by atoms with E-state index in [0.29, 0.717) is 24.1 Å². The molecule has 2 aromatic rings. The third kappa shape index (κ3) is 7.05. The van der Waals surface area contributed by atoms with Gasteiger partial charge in [0.25, 0.3) is 5.91 Å². The van der Waals surface area contributed by atoms with Crippen LogP contribution in [-0.4, -0.2) is 30.3 Å². The topological polar surface area (TPSA) is 72.5 Å². The van der Waals surface area contributed by atoms with Crippen LogP contribution in [0.3, 0.4) is 0 Å². The predicted octanol–water partition coefficient (Wildman–Crippen LogP) is 3.79. The van der Waals surface area contributed by atoms with E-state index in [0.717, 1.165) is 12.8 Å². The van der Waals surface area contributed by atoms with Gasteiger partial charge in [-0.3, -0.25) is 14.4 Å². The largest absolute Gasteiger partial charge is 0.454 e. The lowest BCUT2D eigenvalue weighted by Gasteiger charge is -2.12. The molecule has 1 unspecified atom stereocenters. The predicted molar refractivity (Wildman–Crippen MR) is 104 cm³/mol. The molecule has 27 heavy (non-hydrogen) atoms. The van der Waals surface area contributed by atoms with Crippen molar-refractivity contribution in [1.29, 1.82) is 0 Å². The van der Waals surface area contributed by atoms with Gasteiger partial charge in [-0.1, -0.05) is 55.0 Å². The number of nitrogens with one attached hydrogen (secondary N) is 1. The Morgan fingerprint density at radius 1 is 0.852 bits per heavy atom. The van der Waals surface area contributed by atoms with Gasteiger partial charge in [-0.05, 0) is 31.9 Å². The zero-order valence-corrected chi connectivity index (χ0v) is 15.5. The number of esters is 1. The second-order valence-corrected chi connectivity index (χ2v) is 6.29. The fraction of sp³-hybridized carbons (Fsp3) is 0.318. The quantitative estimate of drug-likeness (QED) is 0.394. The first-order valence-electron chi connectivity index (χ1n) is 9.20. The first kappa shape index (κ1) is 20.4. The maximum absolute atomic E-state index is 12.2. The standard InChI is InChI=1S/C22H25NO4/c1-17(21(25)18-11-5-2-6-12-18)27-20(24)15-9-4-10-16-23-22(26)19-13-7-3-8-14-19/h2-3,5-8,11-14,17H,4,9-10,15-16H2,1H3,(H,23,26). The SMILES string of the molecule is CC(OC(=O)CCCCCNC(=O)c1ccccc1)C(=O)c1ccccc1. The average molecular weight is 367 g/mol. The van der Waals surface area contributed by atoms with Crippen LogP contribution in [0.4, 0.5) is 0 Å². The summed E-state index contributed by atoms with van der Waals surface area (Å²) < 4.78 is 5.21. The lowest BCUT2D eigenvalue weighted by molar-refractivity contribution is -0.146. The molecule has 0 heterocycles. The summed E-state index contributed by atoms with van der Waals surface area (Å²) in [5, 5.41) is 2.85. The van der Waals surface area contributed by atoms with Crippen LogP contribution in [0, 0.1) is 0 Å². The number of ketones is 1. The third-order valence-electron chi connectivity index (χ3n) is 4.11. The summed E-state index contributed by atoms with van der Waals surface area (Å²) in [6.07, 6.45) is 1.71. The number of Topliss-reactive ketones (excluding diaryl/α,β-unsaturated/α-hetero) is 1. The minimum atomic E-state index is -0.787. The van der Waals surface area contributed by atoms with Gasteiger partial charge >= 0.3 is 5.97 Å². The fourth-order valence-corrected chi connectivity index (χ4v) is 2.61. The molecule has 2 aromatic carbocycles. The van der Waals surface area contributed by atoms with Gasteiger partial charge < -0.3 is 10.1 Å².